The highest BCUT2D eigenvalue weighted by molar-refractivity contribution is 6.05. The molecular formula is C24H25N3O2. The van der Waals surface area contributed by atoms with Gasteiger partial charge in [0, 0.05) is 28.7 Å². The summed E-state index contributed by atoms with van der Waals surface area (Å²) in [5.41, 5.74) is 4.95. The second-order valence-electron chi connectivity index (χ2n) is 7.34. The van der Waals surface area contributed by atoms with Crippen LogP contribution in [-0.4, -0.2) is 16.7 Å². The maximum absolute atomic E-state index is 12.9. The van der Waals surface area contributed by atoms with E-state index >= 15 is 0 Å². The smallest absolute Gasteiger partial charge is 0.255 e. The zero-order valence-electron chi connectivity index (χ0n) is 17.1. The molecule has 0 bridgehead atoms. The standard InChI is InChI=1S/C24H25N3O2/c1-15(2)21-7-5-6-16(3)23(21)27-24(29)19-12-13-25-22(14-19)26-20-10-8-18(9-11-20)17(4)28/h5-15H,1-4H3,(H,25,26)(H,27,29). The molecular weight excluding hydrogens is 362 g/mol. The third-order valence-electron chi connectivity index (χ3n) is 4.75. The van der Waals surface area contributed by atoms with Crippen LogP contribution in [0.3, 0.4) is 0 Å². The number of aryl methyl sites for hydroxylation is 1. The molecule has 0 saturated carbocycles. The number of pyridine rings is 1. The molecule has 0 spiro atoms. The van der Waals surface area contributed by atoms with Gasteiger partial charge < -0.3 is 10.6 Å². The Labute approximate surface area is 171 Å². The number of nitrogens with zero attached hydrogens (tertiary/aromatic N) is 1. The number of ketones is 1. The second kappa shape index (κ2) is 8.69. The minimum Gasteiger partial charge on any atom is -0.340 e. The highest BCUT2D eigenvalue weighted by Crippen LogP contribution is 2.28. The van der Waals surface area contributed by atoms with Crippen LogP contribution in [0.4, 0.5) is 17.2 Å². The average molecular weight is 387 g/mol. The van der Waals surface area contributed by atoms with Gasteiger partial charge in [0.25, 0.3) is 5.91 Å². The molecule has 1 heterocycles. The molecule has 29 heavy (non-hydrogen) atoms. The van der Waals surface area contributed by atoms with Crippen LogP contribution in [-0.2, 0) is 0 Å². The number of aromatic nitrogens is 1. The van der Waals surface area contributed by atoms with Crippen molar-refractivity contribution in [2.24, 2.45) is 0 Å². The molecule has 0 aliphatic heterocycles. The molecule has 0 unspecified atom stereocenters. The number of carbonyl (C=O) groups excluding carboxylic acids is 2. The number of Topliss-reactive ketones (excluding diaryl/α,β-unsaturated/α-hetero) is 1. The van der Waals surface area contributed by atoms with Gasteiger partial charge in [-0.2, -0.15) is 0 Å². The van der Waals surface area contributed by atoms with Gasteiger partial charge in [-0.25, -0.2) is 4.98 Å². The molecule has 2 N–H and O–H groups in total. The van der Waals surface area contributed by atoms with Gasteiger partial charge in [-0.3, -0.25) is 9.59 Å². The maximum Gasteiger partial charge on any atom is 0.255 e. The normalized spacial score (nSPS) is 10.7. The van der Waals surface area contributed by atoms with E-state index in [2.05, 4.69) is 29.5 Å². The van der Waals surface area contributed by atoms with Crippen LogP contribution in [0.5, 0.6) is 0 Å². The summed E-state index contributed by atoms with van der Waals surface area (Å²) < 4.78 is 0. The molecule has 0 fully saturated rings. The number of benzene rings is 2. The molecule has 5 heteroatoms. The van der Waals surface area contributed by atoms with Gasteiger partial charge in [-0.1, -0.05) is 32.0 Å². The topological polar surface area (TPSA) is 71.1 Å². The molecule has 0 saturated heterocycles. The first-order chi connectivity index (χ1) is 13.8. The molecule has 2 aromatic carbocycles. The Morgan fingerprint density at radius 1 is 0.966 bits per heavy atom. The fourth-order valence-corrected chi connectivity index (χ4v) is 3.10. The number of amides is 1. The average Bonchev–Trinajstić information content (AvgIpc) is 2.70. The number of para-hydroxylation sites is 1. The number of carbonyl (C=O) groups is 2. The number of nitrogens with one attached hydrogen (secondary N) is 2. The van der Waals surface area contributed by atoms with Crippen LogP contribution in [0.1, 0.15) is 58.5 Å². The number of anilines is 3. The van der Waals surface area contributed by atoms with Gasteiger partial charge in [-0.05, 0) is 67.3 Å². The van der Waals surface area contributed by atoms with E-state index in [-0.39, 0.29) is 11.7 Å². The largest absolute Gasteiger partial charge is 0.340 e. The zero-order chi connectivity index (χ0) is 21.0. The molecule has 0 radical (unpaired) electrons. The van der Waals surface area contributed by atoms with Crippen molar-refractivity contribution in [3.05, 3.63) is 83.0 Å². The molecule has 3 rings (SSSR count). The monoisotopic (exact) mass is 387 g/mol. The van der Waals surface area contributed by atoms with Crippen molar-refractivity contribution in [2.45, 2.75) is 33.6 Å². The maximum atomic E-state index is 12.9. The van der Waals surface area contributed by atoms with Crippen LogP contribution in [0.2, 0.25) is 0 Å². The highest BCUT2D eigenvalue weighted by atomic mass is 16.1. The number of hydrogen-bond donors (Lipinski definition) is 2. The van der Waals surface area contributed by atoms with Crippen molar-refractivity contribution < 1.29 is 9.59 Å². The second-order valence-corrected chi connectivity index (χ2v) is 7.34. The SMILES string of the molecule is CC(=O)c1ccc(Nc2cc(C(=O)Nc3c(C)cccc3C(C)C)ccn2)cc1. The molecule has 0 aliphatic rings. The van der Waals surface area contributed by atoms with Crippen molar-refractivity contribution in [2.75, 3.05) is 10.6 Å². The van der Waals surface area contributed by atoms with E-state index in [1.165, 1.54) is 6.92 Å². The Morgan fingerprint density at radius 2 is 1.69 bits per heavy atom. The first-order valence-corrected chi connectivity index (χ1v) is 9.60. The van der Waals surface area contributed by atoms with E-state index in [0.717, 1.165) is 22.5 Å². The van der Waals surface area contributed by atoms with Crippen molar-refractivity contribution >= 4 is 28.9 Å². The Bertz CT molecular complexity index is 1040. The van der Waals surface area contributed by atoms with Crippen LogP contribution >= 0.6 is 0 Å². The highest BCUT2D eigenvalue weighted by Gasteiger charge is 2.14. The third-order valence-corrected chi connectivity index (χ3v) is 4.75. The van der Waals surface area contributed by atoms with Crippen LogP contribution in [0.15, 0.2) is 60.8 Å². The van der Waals surface area contributed by atoms with Crippen molar-refractivity contribution in [3.8, 4) is 0 Å². The lowest BCUT2D eigenvalue weighted by molar-refractivity contribution is 0.101. The van der Waals surface area contributed by atoms with E-state index in [1.807, 2.05) is 37.3 Å². The molecule has 0 aliphatic carbocycles. The predicted molar refractivity (Wildman–Crippen MR) is 117 cm³/mol. The van der Waals surface area contributed by atoms with Gasteiger partial charge in [0.15, 0.2) is 5.78 Å². The molecule has 148 valence electrons. The van der Waals surface area contributed by atoms with Gasteiger partial charge in [0.05, 0.1) is 0 Å². The number of rotatable bonds is 6. The predicted octanol–water partition coefficient (Wildman–Crippen LogP) is 5.71. The summed E-state index contributed by atoms with van der Waals surface area (Å²) in [7, 11) is 0. The fraction of sp³-hybridized carbons (Fsp3) is 0.208. The van der Waals surface area contributed by atoms with E-state index in [1.54, 1.807) is 30.5 Å². The fourth-order valence-electron chi connectivity index (χ4n) is 3.10. The first-order valence-electron chi connectivity index (χ1n) is 9.60. The Hall–Kier alpha value is -3.47. The lowest BCUT2D eigenvalue weighted by atomic mass is 9.98. The van der Waals surface area contributed by atoms with Crippen LogP contribution in [0.25, 0.3) is 0 Å². The molecule has 0 atom stereocenters. The summed E-state index contributed by atoms with van der Waals surface area (Å²) in [6.07, 6.45) is 1.60. The van der Waals surface area contributed by atoms with Gasteiger partial charge in [0.1, 0.15) is 5.82 Å². The summed E-state index contributed by atoms with van der Waals surface area (Å²) in [5, 5.41) is 6.22. The summed E-state index contributed by atoms with van der Waals surface area (Å²) in [6.45, 7) is 7.74. The van der Waals surface area contributed by atoms with Crippen molar-refractivity contribution in [3.63, 3.8) is 0 Å². The Balaban J connectivity index is 1.79. The Morgan fingerprint density at radius 3 is 2.34 bits per heavy atom. The summed E-state index contributed by atoms with van der Waals surface area (Å²) in [4.78, 5) is 28.5. The van der Waals surface area contributed by atoms with E-state index < -0.39 is 0 Å². The summed E-state index contributed by atoms with van der Waals surface area (Å²) in [5.74, 6) is 0.698. The van der Waals surface area contributed by atoms with Crippen molar-refractivity contribution in [1.82, 2.24) is 4.98 Å². The van der Waals surface area contributed by atoms with E-state index in [0.29, 0.717) is 22.9 Å². The lowest BCUT2D eigenvalue weighted by Gasteiger charge is -2.16. The zero-order valence-corrected chi connectivity index (χ0v) is 17.1. The quantitative estimate of drug-likeness (QED) is 0.531. The van der Waals surface area contributed by atoms with Crippen LogP contribution in [0, 0.1) is 6.92 Å². The molecule has 5 nitrogen and oxygen atoms in total. The van der Waals surface area contributed by atoms with Crippen molar-refractivity contribution in [1.29, 1.82) is 0 Å². The minimum absolute atomic E-state index is 0.0188. The molecule has 3 aromatic rings. The Kier molecular flexibility index (Phi) is 6.07. The lowest BCUT2D eigenvalue weighted by Crippen LogP contribution is -2.15. The summed E-state index contributed by atoms with van der Waals surface area (Å²) in [6, 6.07) is 16.6. The minimum atomic E-state index is -0.182. The molecule has 1 aromatic heterocycles. The first kappa shape index (κ1) is 20.3. The van der Waals surface area contributed by atoms with Crippen LogP contribution < -0.4 is 10.6 Å². The third kappa shape index (κ3) is 4.88. The van der Waals surface area contributed by atoms with Gasteiger partial charge in [0.2, 0.25) is 0 Å². The summed E-state index contributed by atoms with van der Waals surface area (Å²) >= 11 is 0. The van der Waals surface area contributed by atoms with Gasteiger partial charge >= 0.3 is 0 Å². The van der Waals surface area contributed by atoms with Gasteiger partial charge in [-0.15, -0.1) is 0 Å². The van der Waals surface area contributed by atoms with E-state index in [4.69, 9.17) is 0 Å². The van der Waals surface area contributed by atoms with E-state index in [9.17, 15) is 9.59 Å². The number of hydrogen-bond acceptors (Lipinski definition) is 4. The molecule has 1 amide bonds.